The Kier molecular flexibility index (Phi) is 4.20. The van der Waals surface area contributed by atoms with E-state index in [9.17, 15) is 9.59 Å². The highest BCUT2D eigenvalue weighted by molar-refractivity contribution is 8.13. The smallest absolute Gasteiger partial charge is 0.251 e. The van der Waals surface area contributed by atoms with Crippen molar-refractivity contribution in [3.8, 4) is 0 Å². The molecule has 1 aromatic rings. The van der Waals surface area contributed by atoms with E-state index in [1.165, 1.54) is 11.8 Å². The lowest BCUT2D eigenvalue weighted by molar-refractivity contribution is -0.109. The summed E-state index contributed by atoms with van der Waals surface area (Å²) in [6.07, 6.45) is 4.96. The molecule has 4 heteroatoms. The second-order valence-electron chi connectivity index (χ2n) is 4.13. The fraction of sp³-hybridized carbons (Fsp3) is 0.286. The summed E-state index contributed by atoms with van der Waals surface area (Å²) < 4.78 is 0. The SMILES string of the molecule is CC(=O)SCCC=Cc1ccc2c(c1)CNC2=O. The molecule has 0 radical (unpaired) electrons. The van der Waals surface area contributed by atoms with Crippen molar-refractivity contribution >= 4 is 28.9 Å². The molecule has 2 rings (SSSR count). The quantitative estimate of drug-likeness (QED) is 0.847. The lowest BCUT2D eigenvalue weighted by Gasteiger charge is -1.98. The monoisotopic (exact) mass is 261 g/mol. The molecule has 0 fully saturated rings. The molecule has 3 nitrogen and oxygen atoms in total. The molecule has 0 atom stereocenters. The molecule has 1 aliphatic heterocycles. The summed E-state index contributed by atoms with van der Waals surface area (Å²) >= 11 is 1.34. The summed E-state index contributed by atoms with van der Waals surface area (Å²) in [7, 11) is 0. The van der Waals surface area contributed by atoms with Crippen LogP contribution in [0.1, 0.15) is 34.8 Å². The molecule has 0 unspecified atom stereocenters. The maximum Gasteiger partial charge on any atom is 0.251 e. The second kappa shape index (κ2) is 5.87. The number of fused-ring (bicyclic) bond motifs is 1. The topological polar surface area (TPSA) is 46.2 Å². The summed E-state index contributed by atoms with van der Waals surface area (Å²) in [5, 5.41) is 2.96. The summed E-state index contributed by atoms with van der Waals surface area (Å²) in [4.78, 5) is 22.1. The van der Waals surface area contributed by atoms with Crippen LogP contribution < -0.4 is 5.32 Å². The van der Waals surface area contributed by atoms with Crippen molar-refractivity contribution in [1.82, 2.24) is 5.32 Å². The molecule has 1 aliphatic rings. The predicted molar refractivity (Wildman–Crippen MR) is 74.4 cm³/mol. The first-order chi connectivity index (χ1) is 8.66. The van der Waals surface area contributed by atoms with Gasteiger partial charge in [0.1, 0.15) is 0 Å². The molecule has 1 amide bonds. The van der Waals surface area contributed by atoms with Crippen molar-refractivity contribution in [3.05, 3.63) is 41.0 Å². The zero-order valence-corrected chi connectivity index (χ0v) is 11.0. The highest BCUT2D eigenvalue weighted by Gasteiger charge is 2.17. The third kappa shape index (κ3) is 3.23. The number of hydrogen-bond acceptors (Lipinski definition) is 3. The second-order valence-corrected chi connectivity index (χ2v) is 5.40. The van der Waals surface area contributed by atoms with E-state index in [0.717, 1.165) is 28.9 Å². The van der Waals surface area contributed by atoms with Crippen LogP contribution in [0.5, 0.6) is 0 Å². The molecule has 1 N–H and O–H groups in total. The Morgan fingerprint density at radius 1 is 1.50 bits per heavy atom. The maximum absolute atomic E-state index is 11.4. The molecule has 0 aliphatic carbocycles. The van der Waals surface area contributed by atoms with Gasteiger partial charge in [0.15, 0.2) is 5.12 Å². The van der Waals surface area contributed by atoms with Crippen LogP contribution in [0, 0.1) is 0 Å². The third-order valence-corrected chi connectivity index (χ3v) is 3.56. The van der Waals surface area contributed by atoms with E-state index in [4.69, 9.17) is 0 Å². The lowest BCUT2D eigenvalue weighted by atomic mass is 10.1. The molecule has 1 heterocycles. The standard InChI is InChI=1S/C14H15NO2S/c1-10(16)18-7-3-2-4-11-5-6-13-12(8-11)9-15-14(13)17/h2,4-6,8H,3,7,9H2,1H3,(H,15,17). The number of carbonyl (C=O) groups excluding carboxylic acids is 2. The third-order valence-electron chi connectivity index (χ3n) is 2.71. The van der Waals surface area contributed by atoms with Gasteiger partial charge in [0.05, 0.1) is 0 Å². The number of hydrogen-bond donors (Lipinski definition) is 1. The average Bonchev–Trinajstić information content (AvgIpc) is 2.70. The minimum absolute atomic E-state index is 0.0124. The van der Waals surface area contributed by atoms with E-state index in [0.29, 0.717) is 6.54 Å². The summed E-state index contributed by atoms with van der Waals surface area (Å²) in [5.74, 6) is 0.829. The number of rotatable bonds is 4. The Labute approximate surface area is 111 Å². The lowest BCUT2D eigenvalue weighted by Crippen LogP contribution is -2.12. The van der Waals surface area contributed by atoms with Gasteiger partial charge in [0.25, 0.3) is 5.91 Å². The van der Waals surface area contributed by atoms with Gasteiger partial charge in [-0.15, -0.1) is 0 Å². The summed E-state index contributed by atoms with van der Waals surface area (Å²) in [6, 6.07) is 5.84. The van der Waals surface area contributed by atoms with Crippen molar-refractivity contribution < 1.29 is 9.59 Å². The zero-order chi connectivity index (χ0) is 13.0. The molecule has 94 valence electrons. The fourth-order valence-corrected chi connectivity index (χ4v) is 2.39. The van der Waals surface area contributed by atoms with Crippen LogP contribution >= 0.6 is 11.8 Å². The van der Waals surface area contributed by atoms with E-state index in [1.54, 1.807) is 6.92 Å². The van der Waals surface area contributed by atoms with Gasteiger partial charge >= 0.3 is 0 Å². The van der Waals surface area contributed by atoms with E-state index < -0.39 is 0 Å². The maximum atomic E-state index is 11.4. The van der Waals surface area contributed by atoms with Gasteiger partial charge in [0, 0.05) is 24.8 Å². The molecule has 0 spiro atoms. The minimum atomic E-state index is 0.0124. The highest BCUT2D eigenvalue weighted by Crippen LogP contribution is 2.18. The molecule has 1 aromatic carbocycles. The van der Waals surface area contributed by atoms with Crippen LogP contribution in [0.3, 0.4) is 0 Å². The number of allylic oxidation sites excluding steroid dienone is 1. The molecular weight excluding hydrogens is 246 g/mol. The van der Waals surface area contributed by atoms with Gasteiger partial charge in [0.2, 0.25) is 0 Å². The van der Waals surface area contributed by atoms with Crippen LogP contribution in [0.4, 0.5) is 0 Å². The Morgan fingerprint density at radius 2 is 2.33 bits per heavy atom. The van der Waals surface area contributed by atoms with E-state index in [-0.39, 0.29) is 11.0 Å². The summed E-state index contributed by atoms with van der Waals surface area (Å²) in [6.45, 7) is 2.20. The zero-order valence-electron chi connectivity index (χ0n) is 10.2. The molecule has 18 heavy (non-hydrogen) atoms. The van der Waals surface area contributed by atoms with Gasteiger partial charge in [-0.3, -0.25) is 9.59 Å². The summed E-state index contributed by atoms with van der Waals surface area (Å²) in [5.41, 5.74) is 2.93. The largest absolute Gasteiger partial charge is 0.348 e. The molecule has 0 saturated carbocycles. The van der Waals surface area contributed by atoms with Gasteiger partial charge in [-0.2, -0.15) is 0 Å². The van der Waals surface area contributed by atoms with Crippen molar-refractivity contribution in [2.24, 2.45) is 0 Å². The first kappa shape index (κ1) is 12.9. The van der Waals surface area contributed by atoms with Crippen LogP contribution in [0.2, 0.25) is 0 Å². The number of amides is 1. The number of thioether (sulfide) groups is 1. The van der Waals surface area contributed by atoms with E-state index in [2.05, 4.69) is 11.4 Å². The molecule has 0 bridgehead atoms. The first-order valence-electron chi connectivity index (χ1n) is 5.88. The number of nitrogens with one attached hydrogen (secondary N) is 1. The number of benzene rings is 1. The van der Waals surface area contributed by atoms with Crippen molar-refractivity contribution in [2.75, 3.05) is 5.75 Å². The molecule has 0 aromatic heterocycles. The van der Waals surface area contributed by atoms with Crippen molar-refractivity contribution in [2.45, 2.75) is 19.9 Å². The Hall–Kier alpha value is -1.55. The van der Waals surface area contributed by atoms with Gasteiger partial charge < -0.3 is 5.32 Å². The van der Waals surface area contributed by atoms with Crippen molar-refractivity contribution in [1.29, 1.82) is 0 Å². The Bertz CT molecular complexity index is 509. The van der Waals surface area contributed by atoms with Gasteiger partial charge in [-0.1, -0.05) is 30.0 Å². The molecule has 0 saturated heterocycles. The van der Waals surface area contributed by atoms with Crippen LogP contribution in [-0.4, -0.2) is 16.8 Å². The average molecular weight is 261 g/mol. The van der Waals surface area contributed by atoms with Gasteiger partial charge in [-0.25, -0.2) is 0 Å². The van der Waals surface area contributed by atoms with Crippen LogP contribution in [-0.2, 0) is 11.3 Å². The van der Waals surface area contributed by atoms with Crippen LogP contribution in [0.15, 0.2) is 24.3 Å². The van der Waals surface area contributed by atoms with Gasteiger partial charge in [-0.05, 0) is 29.7 Å². The van der Waals surface area contributed by atoms with Crippen molar-refractivity contribution in [3.63, 3.8) is 0 Å². The van der Waals surface area contributed by atoms with Crippen LogP contribution in [0.25, 0.3) is 6.08 Å². The Balaban J connectivity index is 1.92. The number of carbonyl (C=O) groups is 2. The van der Waals surface area contributed by atoms with E-state index in [1.807, 2.05) is 24.3 Å². The predicted octanol–water partition coefficient (Wildman–Crippen LogP) is 2.61. The first-order valence-corrected chi connectivity index (χ1v) is 6.86. The van der Waals surface area contributed by atoms with E-state index >= 15 is 0 Å². The fourth-order valence-electron chi connectivity index (χ4n) is 1.85. The minimum Gasteiger partial charge on any atom is -0.348 e. The molecular formula is C14H15NO2S. The Morgan fingerprint density at radius 3 is 3.11 bits per heavy atom. The normalized spacial score (nSPS) is 13.7. The highest BCUT2D eigenvalue weighted by atomic mass is 32.2.